The van der Waals surface area contributed by atoms with E-state index in [2.05, 4.69) is 11.4 Å². The molecule has 4 nitrogen and oxygen atoms in total. The molecule has 0 aliphatic rings. The number of carbonyl (C=O) groups excluding carboxylic acids is 1. The lowest BCUT2D eigenvalue weighted by atomic mass is 10.1. The molecule has 0 saturated heterocycles. The molecule has 4 heteroatoms. The summed E-state index contributed by atoms with van der Waals surface area (Å²) in [7, 11) is 0. The molecule has 1 heterocycles. The van der Waals surface area contributed by atoms with Gasteiger partial charge in [0.15, 0.2) is 0 Å². The van der Waals surface area contributed by atoms with Crippen LogP contribution in [-0.2, 0) is 4.79 Å². The van der Waals surface area contributed by atoms with Crippen LogP contribution in [0.5, 0.6) is 0 Å². The van der Waals surface area contributed by atoms with Gasteiger partial charge in [-0.05, 0) is 49.8 Å². The Kier molecular flexibility index (Phi) is 4.57. The smallest absolute Gasteiger partial charge is 0.244 e. The molecule has 0 radical (unpaired) electrons. The summed E-state index contributed by atoms with van der Waals surface area (Å²) in [4.78, 5) is 11.8. The van der Waals surface area contributed by atoms with Crippen molar-refractivity contribution >= 4 is 12.0 Å². The molecule has 21 heavy (non-hydrogen) atoms. The summed E-state index contributed by atoms with van der Waals surface area (Å²) < 4.78 is 5.35. The number of aryl methyl sites for hydroxylation is 1. The predicted molar refractivity (Wildman–Crippen MR) is 80.2 cm³/mol. The van der Waals surface area contributed by atoms with Gasteiger partial charge < -0.3 is 9.73 Å². The molecular weight excluding hydrogens is 264 g/mol. The summed E-state index contributed by atoms with van der Waals surface area (Å²) in [5, 5.41) is 11.6. The fourth-order valence-electron chi connectivity index (χ4n) is 1.89. The minimum atomic E-state index is -0.194. The van der Waals surface area contributed by atoms with Gasteiger partial charge in [-0.15, -0.1) is 0 Å². The summed E-state index contributed by atoms with van der Waals surface area (Å²) in [6.45, 7) is 3.74. The highest BCUT2D eigenvalue weighted by Gasteiger charge is 2.07. The molecule has 0 aliphatic heterocycles. The summed E-state index contributed by atoms with van der Waals surface area (Å²) in [5.74, 6) is 1.26. The third-order valence-electron chi connectivity index (χ3n) is 3.06. The van der Waals surface area contributed by atoms with Gasteiger partial charge in [-0.25, -0.2) is 0 Å². The van der Waals surface area contributed by atoms with Crippen LogP contribution in [0.1, 0.15) is 35.6 Å². The molecule has 0 bridgehead atoms. The van der Waals surface area contributed by atoms with Crippen LogP contribution in [-0.4, -0.2) is 5.91 Å². The monoisotopic (exact) mass is 280 g/mol. The number of hydrogen-bond acceptors (Lipinski definition) is 3. The molecule has 1 unspecified atom stereocenters. The number of amides is 1. The number of rotatable bonds is 4. The van der Waals surface area contributed by atoms with E-state index in [1.807, 2.05) is 38.1 Å². The van der Waals surface area contributed by atoms with Crippen molar-refractivity contribution in [2.75, 3.05) is 0 Å². The Morgan fingerprint density at radius 3 is 2.57 bits per heavy atom. The minimum absolute atomic E-state index is 0.131. The van der Waals surface area contributed by atoms with E-state index in [-0.39, 0.29) is 11.9 Å². The average molecular weight is 280 g/mol. The fourth-order valence-corrected chi connectivity index (χ4v) is 1.89. The first-order valence-corrected chi connectivity index (χ1v) is 6.63. The van der Waals surface area contributed by atoms with Crippen LogP contribution in [0.2, 0.25) is 0 Å². The summed E-state index contributed by atoms with van der Waals surface area (Å²) >= 11 is 0. The van der Waals surface area contributed by atoms with E-state index in [0.717, 1.165) is 11.3 Å². The highest BCUT2D eigenvalue weighted by molar-refractivity contribution is 5.91. The highest BCUT2D eigenvalue weighted by atomic mass is 16.3. The van der Waals surface area contributed by atoms with E-state index >= 15 is 0 Å². The maximum Gasteiger partial charge on any atom is 0.244 e. The molecule has 1 aromatic carbocycles. The van der Waals surface area contributed by atoms with Gasteiger partial charge in [0.1, 0.15) is 11.5 Å². The molecule has 0 spiro atoms. The van der Waals surface area contributed by atoms with Crippen LogP contribution >= 0.6 is 0 Å². The Morgan fingerprint density at radius 2 is 2.00 bits per heavy atom. The summed E-state index contributed by atoms with van der Waals surface area (Å²) in [6, 6.07) is 12.7. The van der Waals surface area contributed by atoms with E-state index in [0.29, 0.717) is 11.3 Å². The van der Waals surface area contributed by atoms with Gasteiger partial charge in [-0.3, -0.25) is 4.79 Å². The number of nitrogens with zero attached hydrogens (tertiary/aromatic N) is 1. The Bertz CT molecular complexity index is 690. The average Bonchev–Trinajstić information content (AvgIpc) is 2.91. The van der Waals surface area contributed by atoms with Crippen molar-refractivity contribution < 1.29 is 9.21 Å². The van der Waals surface area contributed by atoms with Crippen molar-refractivity contribution in [1.82, 2.24) is 5.32 Å². The Labute approximate surface area is 123 Å². The van der Waals surface area contributed by atoms with Gasteiger partial charge >= 0.3 is 0 Å². The summed E-state index contributed by atoms with van der Waals surface area (Å²) in [5.41, 5.74) is 1.55. The van der Waals surface area contributed by atoms with Crippen LogP contribution < -0.4 is 5.32 Å². The van der Waals surface area contributed by atoms with E-state index in [1.165, 1.54) is 6.08 Å². The first-order chi connectivity index (χ1) is 10.1. The molecule has 1 aromatic heterocycles. The van der Waals surface area contributed by atoms with E-state index < -0.39 is 0 Å². The maximum atomic E-state index is 11.8. The topological polar surface area (TPSA) is 66.0 Å². The number of nitrogens with one attached hydrogen (secondary N) is 1. The molecule has 0 fully saturated rings. The van der Waals surface area contributed by atoms with Crippen molar-refractivity contribution in [2.24, 2.45) is 0 Å². The standard InChI is InChI=1S/C17H16N2O2/c1-12-3-8-16(21-12)9-10-17(20)19-13(2)15-6-4-14(11-18)5-7-15/h3-10,13H,1-2H3,(H,19,20)/b10-9+. The SMILES string of the molecule is Cc1ccc(/C=C/C(=O)NC(C)c2ccc(C#N)cc2)o1. The first kappa shape index (κ1) is 14.6. The van der Waals surface area contributed by atoms with Crippen molar-refractivity contribution in [3.8, 4) is 6.07 Å². The Morgan fingerprint density at radius 1 is 1.29 bits per heavy atom. The zero-order valence-corrected chi connectivity index (χ0v) is 12.0. The second-order valence-electron chi connectivity index (χ2n) is 4.75. The van der Waals surface area contributed by atoms with Gasteiger partial charge in [0, 0.05) is 6.08 Å². The third kappa shape index (κ3) is 4.08. The minimum Gasteiger partial charge on any atom is -0.462 e. The van der Waals surface area contributed by atoms with Crippen molar-refractivity contribution in [3.05, 3.63) is 65.1 Å². The molecule has 0 saturated carbocycles. The molecule has 106 valence electrons. The Balaban J connectivity index is 1.95. The molecule has 2 aromatic rings. The number of carbonyl (C=O) groups is 1. The van der Waals surface area contributed by atoms with Gasteiger partial charge in [-0.1, -0.05) is 12.1 Å². The van der Waals surface area contributed by atoms with Crippen molar-refractivity contribution in [2.45, 2.75) is 19.9 Å². The number of hydrogen-bond donors (Lipinski definition) is 1. The second-order valence-corrected chi connectivity index (χ2v) is 4.75. The maximum absolute atomic E-state index is 11.8. The molecule has 1 atom stereocenters. The van der Waals surface area contributed by atoms with Gasteiger partial charge in [0.25, 0.3) is 0 Å². The second kappa shape index (κ2) is 6.58. The van der Waals surface area contributed by atoms with Crippen LogP contribution in [0, 0.1) is 18.3 Å². The Hall–Kier alpha value is -2.80. The molecule has 0 aliphatic carbocycles. The number of furan rings is 1. The van der Waals surface area contributed by atoms with Crippen molar-refractivity contribution in [1.29, 1.82) is 5.26 Å². The third-order valence-corrected chi connectivity index (χ3v) is 3.06. The van der Waals surface area contributed by atoms with Crippen LogP contribution in [0.4, 0.5) is 0 Å². The van der Waals surface area contributed by atoms with Gasteiger partial charge in [0.2, 0.25) is 5.91 Å². The normalized spacial score (nSPS) is 12.0. The zero-order valence-electron chi connectivity index (χ0n) is 12.0. The van der Waals surface area contributed by atoms with Crippen molar-refractivity contribution in [3.63, 3.8) is 0 Å². The van der Waals surface area contributed by atoms with Crippen LogP contribution in [0.15, 0.2) is 46.9 Å². The number of benzene rings is 1. The molecular formula is C17H16N2O2. The van der Waals surface area contributed by atoms with E-state index in [1.54, 1.807) is 18.2 Å². The van der Waals surface area contributed by atoms with Gasteiger partial charge in [-0.2, -0.15) is 5.26 Å². The molecule has 2 rings (SSSR count). The van der Waals surface area contributed by atoms with E-state index in [4.69, 9.17) is 9.68 Å². The lowest BCUT2D eigenvalue weighted by molar-refractivity contribution is -0.117. The largest absolute Gasteiger partial charge is 0.462 e. The molecule has 1 amide bonds. The fraction of sp³-hybridized carbons (Fsp3) is 0.176. The first-order valence-electron chi connectivity index (χ1n) is 6.63. The molecule has 1 N–H and O–H groups in total. The van der Waals surface area contributed by atoms with E-state index in [9.17, 15) is 4.79 Å². The quantitative estimate of drug-likeness (QED) is 0.873. The van der Waals surface area contributed by atoms with Crippen LogP contribution in [0.3, 0.4) is 0 Å². The number of nitriles is 1. The predicted octanol–water partition coefficient (Wildman–Crippen LogP) is 3.35. The highest BCUT2D eigenvalue weighted by Crippen LogP contribution is 2.13. The lowest BCUT2D eigenvalue weighted by Gasteiger charge is -2.12. The summed E-state index contributed by atoms with van der Waals surface area (Å²) in [6.07, 6.45) is 3.08. The zero-order chi connectivity index (χ0) is 15.2. The lowest BCUT2D eigenvalue weighted by Crippen LogP contribution is -2.24. The van der Waals surface area contributed by atoms with Gasteiger partial charge in [0.05, 0.1) is 17.7 Å². The van der Waals surface area contributed by atoms with Crippen LogP contribution in [0.25, 0.3) is 6.08 Å².